The number of amides is 1. The number of ether oxygens (including phenoxy) is 1. The Bertz CT molecular complexity index is 797. The predicted molar refractivity (Wildman–Crippen MR) is 85.9 cm³/mol. The molecule has 0 unspecified atom stereocenters. The summed E-state index contributed by atoms with van der Waals surface area (Å²) in [4.78, 5) is 16.9. The molecule has 0 radical (unpaired) electrons. The fourth-order valence-electron chi connectivity index (χ4n) is 2.33. The molecule has 21 heavy (non-hydrogen) atoms. The number of carbonyl (C=O) groups excluding carboxylic acids is 1. The number of aromatic nitrogens is 1. The van der Waals surface area contributed by atoms with E-state index in [1.165, 1.54) is 11.8 Å². The summed E-state index contributed by atoms with van der Waals surface area (Å²) in [5.41, 5.74) is 2.49. The first-order chi connectivity index (χ1) is 10.2. The molecular formula is C16H14N2O2S. The van der Waals surface area contributed by atoms with Gasteiger partial charge in [0.25, 0.3) is 0 Å². The second-order valence-electron chi connectivity index (χ2n) is 4.56. The Morgan fingerprint density at radius 1 is 1.29 bits per heavy atom. The van der Waals surface area contributed by atoms with Gasteiger partial charge in [0.05, 0.1) is 12.8 Å². The largest absolute Gasteiger partial charge is 0.492 e. The van der Waals surface area contributed by atoms with E-state index in [1.54, 1.807) is 24.6 Å². The van der Waals surface area contributed by atoms with E-state index in [2.05, 4.69) is 16.4 Å². The van der Waals surface area contributed by atoms with Crippen LogP contribution in [0.1, 0.15) is 6.92 Å². The molecule has 5 heteroatoms. The van der Waals surface area contributed by atoms with Gasteiger partial charge in [-0.1, -0.05) is 6.07 Å². The molecule has 2 aromatic heterocycles. The number of anilines is 1. The lowest BCUT2D eigenvalue weighted by molar-refractivity contribution is -0.114. The second-order valence-corrected chi connectivity index (χ2v) is 5.51. The van der Waals surface area contributed by atoms with Crippen molar-refractivity contribution < 1.29 is 9.53 Å². The minimum absolute atomic E-state index is 0.137. The van der Waals surface area contributed by atoms with Gasteiger partial charge in [0.2, 0.25) is 5.91 Å². The summed E-state index contributed by atoms with van der Waals surface area (Å²) in [5, 5.41) is 5.82. The minimum Gasteiger partial charge on any atom is -0.492 e. The Balaban J connectivity index is 2.25. The average Bonchev–Trinajstić information content (AvgIpc) is 2.99. The van der Waals surface area contributed by atoms with E-state index in [0.29, 0.717) is 11.4 Å². The maximum atomic E-state index is 11.3. The lowest BCUT2D eigenvalue weighted by atomic mass is 10.1. The first-order valence-electron chi connectivity index (χ1n) is 6.48. The van der Waals surface area contributed by atoms with E-state index in [9.17, 15) is 4.79 Å². The highest BCUT2D eigenvalue weighted by Gasteiger charge is 2.14. The summed E-state index contributed by atoms with van der Waals surface area (Å²) >= 11 is 1.68. The monoisotopic (exact) mass is 298 g/mol. The van der Waals surface area contributed by atoms with Gasteiger partial charge in [-0.3, -0.25) is 9.78 Å². The highest BCUT2D eigenvalue weighted by Crippen LogP contribution is 2.38. The van der Waals surface area contributed by atoms with Crippen LogP contribution in [0.5, 0.6) is 5.75 Å². The average molecular weight is 298 g/mol. The molecule has 1 amide bonds. The number of hydrogen-bond acceptors (Lipinski definition) is 4. The van der Waals surface area contributed by atoms with Gasteiger partial charge in [-0.05, 0) is 29.6 Å². The van der Waals surface area contributed by atoms with Crippen molar-refractivity contribution in [2.45, 2.75) is 6.92 Å². The number of carbonyl (C=O) groups is 1. The molecular weight excluding hydrogens is 284 g/mol. The number of nitrogens with one attached hydrogen (secondary N) is 1. The third kappa shape index (κ3) is 2.48. The molecule has 0 bridgehead atoms. The van der Waals surface area contributed by atoms with Gasteiger partial charge in [0.1, 0.15) is 5.52 Å². The third-order valence-corrected chi connectivity index (χ3v) is 4.07. The summed E-state index contributed by atoms with van der Waals surface area (Å²) in [6.45, 7) is 1.47. The van der Waals surface area contributed by atoms with Crippen molar-refractivity contribution >= 4 is 33.8 Å². The van der Waals surface area contributed by atoms with E-state index >= 15 is 0 Å². The molecule has 0 aliphatic heterocycles. The lowest BCUT2D eigenvalue weighted by Crippen LogP contribution is -2.07. The van der Waals surface area contributed by atoms with E-state index in [0.717, 1.165) is 16.5 Å². The van der Waals surface area contributed by atoms with Crippen molar-refractivity contribution in [3.05, 3.63) is 41.9 Å². The number of thiophene rings is 1. The normalized spacial score (nSPS) is 10.6. The van der Waals surface area contributed by atoms with Gasteiger partial charge < -0.3 is 10.1 Å². The first-order valence-corrected chi connectivity index (χ1v) is 7.36. The van der Waals surface area contributed by atoms with Crippen LogP contribution in [0, 0.1) is 0 Å². The summed E-state index contributed by atoms with van der Waals surface area (Å²) in [6.07, 6.45) is 1.76. The maximum Gasteiger partial charge on any atom is 0.221 e. The Labute approximate surface area is 126 Å². The molecule has 2 heterocycles. The molecule has 3 rings (SSSR count). The standard InChI is InChI=1S/C16H14N2O2S/c1-10(19)18-13-6-5-12-11(14-4-3-9-21-14)7-8-17-15(12)16(13)20-2/h3-9H,1-2H3,(H,18,19). The number of nitrogens with zero attached hydrogens (tertiary/aromatic N) is 1. The van der Waals surface area contributed by atoms with Crippen LogP contribution in [0.3, 0.4) is 0 Å². The Kier molecular flexibility index (Phi) is 3.58. The van der Waals surface area contributed by atoms with Crippen molar-refractivity contribution in [2.75, 3.05) is 12.4 Å². The van der Waals surface area contributed by atoms with Crippen molar-refractivity contribution in [1.82, 2.24) is 4.98 Å². The molecule has 0 saturated carbocycles. The van der Waals surface area contributed by atoms with Crippen molar-refractivity contribution in [1.29, 1.82) is 0 Å². The van der Waals surface area contributed by atoms with Crippen LogP contribution in [0.25, 0.3) is 21.3 Å². The number of fused-ring (bicyclic) bond motifs is 1. The molecule has 3 aromatic rings. The number of pyridine rings is 1. The highest BCUT2D eigenvalue weighted by molar-refractivity contribution is 7.13. The van der Waals surface area contributed by atoms with Gasteiger partial charge in [-0.15, -0.1) is 11.3 Å². The smallest absolute Gasteiger partial charge is 0.221 e. The number of benzene rings is 1. The van der Waals surface area contributed by atoms with E-state index in [4.69, 9.17) is 4.74 Å². The van der Waals surface area contributed by atoms with Crippen molar-refractivity contribution in [3.63, 3.8) is 0 Å². The van der Waals surface area contributed by atoms with Crippen molar-refractivity contribution in [3.8, 4) is 16.2 Å². The number of methoxy groups -OCH3 is 1. The zero-order chi connectivity index (χ0) is 14.8. The number of hydrogen-bond donors (Lipinski definition) is 1. The molecule has 1 N–H and O–H groups in total. The maximum absolute atomic E-state index is 11.3. The summed E-state index contributed by atoms with van der Waals surface area (Å²) < 4.78 is 5.46. The third-order valence-electron chi connectivity index (χ3n) is 3.17. The van der Waals surface area contributed by atoms with Gasteiger partial charge >= 0.3 is 0 Å². The summed E-state index contributed by atoms with van der Waals surface area (Å²) in [5.74, 6) is 0.447. The van der Waals surface area contributed by atoms with Gasteiger partial charge in [-0.2, -0.15) is 0 Å². The molecule has 0 aliphatic carbocycles. The molecule has 106 valence electrons. The Hall–Kier alpha value is -2.40. The van der Waals surface area contributed by atoms with Crippen LogP contribution in [0.2, 0.25) is 0 Å². The zero-order valence-corrected chi connectivity index (χ0v) is 12.5. The Morgan fingerprint density at radius 2 is 2.14 bits per heavy atom. The zero-order valence-electron chi connectivity index (χ0n) is 11.7. The molecule has 0 fully saturated rings. The summed E-state index contributed by atoms with van der Waals surface area (Å²) in [7, 11) is 1.58. The molecule has 4 nitrogen and oxygen atoms in total. The van der Waals surface area contributed by atoms with Crippen LogP contribution < -0.4 is 10.1 Å². The second kappa shape index (κ2) is 5.54. The van der Waals surface area contributed by atoms with E-state index in [-0.39, 0.29) is 5.91 Å². The van der Waals surface area contributed by atoms with Crippen LogP contribution >= 0.6 is 11.3 Å². The van der Waals surface area contributed by atoms with Crippen LogP contribution in [0.4, 0.5) is 5.69 Å². The Morgan fingerprint density at radius 3 is 2.81 bits per heavy atom. The van der Waals surface area contributed by atoms with Gasteiger partial charge in [0, 0.05) is 28.9 Å². The van der Waals surface area contributed by atoms with Gasteiger partial charge in [-0.25, -0.2) is 0 Å². The molecule has 0 spiro atoms. The van der Waals surface area contributed by atoms with Crippen LogP contribution in [0.15, 0.2) is 41.9 Å². The molecule has 0 saturated heterocycles. The predicted octanol–water partition coefficient (Wildman–Crippen LogP) is 3.93. The van der Waals surface area contributed by atoms with Crippen LogP contribution in [-0.4, -0.2) is 18.0 Å². The van der Waals surface area contributed by atoms with Crippen molar-refractivity contribution in [2.24, 2.45) is 0 Å². The SMILES string of the molecule is COc1c(NC(C)=O)ccc2c(-c3cccs3)ccnc12. The fraction of sp³-hybridized carbons (Fsp3) is 0.125. The molecule has 0 aliphatic rings. The van der Waals surface area contributed by atoms with E-state index < -0.39 is 0 Å². The molecule has 0 atom stereocenters. The number of rotatable bonds is 3. The van der Waals surface area contributed by atoms with Crippen LogP contribution in [-0.2, 0) is 4.79 Å². The fourth-order valence-corrected chi connectivity index (χ4v) is 3.10. The lowest BCUT2D eigenvalue weighted by Gasteiger charge is -2.13. The first kappa shape index (κ1) is 13.6. The molecule has 1 aromatic carbocycles. The minimum atomic E-state index is -0.137. The summed E-state index contributed by atoms with van der Waals surface area (Å²) in [6, 6.07) is 9.90. The highest BCUT2D eigenvalue weighted by atomic mass is 32.1. The topological polar surface area (TPSA) is 51.2 Å². The quantitative estimate of drug-likeness (QED) is 0.797. The van der Waals surface area contributed by atoms with E-state index in [1.807, 2.05) is 29.6 Å². The van der Waals surface area contributed by atoms with Gasteiger partial charge in [0.15, 0.2) is 5.75 Å².